The zero-order chi connectivity index (χ0) is 23.5. The molecule has 0 atom stereocenters. The molecule has 33 heavy (non-hydrogen) atoms. The number of imidazole rings is 1. The van der Waals surface area contributed by atoms with Gasteiger partial charge in [-0.15, -0.1) is 5.98 Å². The molecule has 4 aromatic rings. The number of hydrogen-bond acceptors (Lipinski definition) is 1. The molecule has 0 saturated heterocycles. The average molecular weight is 446 g/mol. The minimum atomic E-state index is -4.29. The van der Waals surface area contributed by atoms with Crippen molar-refractivity contribution in [1.29, 1.82) is 0 Å². The molecule has 4 rings (SSSR count). The lowest BCUT2D eigenvalue weighted by molar-refractivity contribution is -0.137. The molecule has 0 spiro atoms. The van der Waals surface area contributed by atoms with E-state index in [2.05, 4.69) is 41.2 Å². The summed E-state index contributed by atoms with van der Waals surface area (Å²) in [7, 11) is 0.722. The molecular formula is C27H26BF3N2. The standard InChI is InChI=1S/C17H16BF3.C10H10N2/c1-2-14-7-3-4-9-16(14)18-11-10-13-6-5-8-15(12-13)17(19,20)21;1-2-4-9(5-3-1)8-10-11-6-7-12-10/h3-12,18H,2H2,1H3;1-7H,8H2,(H,11,12). The lowest BCUT2D eigenvalue weighted by atomic mass is 9.67. The summed E-state index contributed by atoms with van der Waals surface area (Å²) < 4.78 is 37.9. The van der Waals surface area contributed by atoms with E-state index in [1.165, 1.54) is 28.7 Å². The van der Waals surface area contributed by atoms with Crippen LogP contribution in [0.3, 0.4) is 0 Å². The highest BCUT2D eigenvalue weighted by atomic mass is 19.4. The molecule has 0 amide bonds. The van der Waals surface area contributed by atoms with Crippen LogP contribution in [0.25, 0.3) is 6.08 Å². The number of alkyl halides is 3. The quantitative estimate of drug-likeness (QED) is 0.362. The number of rotatable bonds is 6. The van der Waals surface area contributed by atoms with Crippen molar-refractivity contribution in [3.05, 3.63) is 125 Å². The van der Waals surface area contributed by atoms with Gasteiger partial charge in [0.15, 0.2) is 7.28 Å². The van der Waals surface area contributed by atoms with Crippen molar-refractivity contribution in [2.75, 3.05) is 0 Å². The molecule has 0 fully saturated rings. The SMILES string of the molecule is CCc1ccccc1BC=Cc1cccc(C(F)(F)F)c1.c1ccc(Cc2ncc[nH]2)cc1. The van der Waals surface area contributed by atoms with Gasteiger partial charge in [-0.2, -0.15) is 13.2 Å². The summed E-state index contributed by atoms with van der Waals surface area (Å²) in [5.41, 5.74) is 3.72. The van der Waals surface area contributed by atoms with Gasteiger partial charge in [-0.05, 0) is 29.7 Å². The minimum Gasteiger partial charge on any atom is -0.348 e. The van der Waals surface area contributed by atoms with E-state index < -0.39 is 11.7 Å². The molecule has 2 nitrogen and oxygen atoms in total. The van der Waals surface area contributed by atoms with Gasteiger partial charge >= 0.3 is 6.18 Å². The predicted molar refractivity (Wildman–Crippen MR) is 131 cm³/mol. The van der Waals surface area contributed by atoms with Crippen LogP contribution in [0, 0.1) is 0 Å². The first kappa shape index (κ1) is 24.1. The fourth-order valence-corrected chi connectivity index (χ4v) is 3.43. The van der Waals surface area contributed by atoms with E-state index in [4.69, 9.17) is 0 Å². The maximum absolute atomic E-state index is 12.6. The first-order valence-corrected chi connectivity index (χ1v) is 10.9. The van der Waals surface area contributed by atoms with E-state index in [-0.39, 0.29) is 0 Å². The molecule has 1 aromatic heterocycles. The number of halogens is 3. The Morgan fingerprint density at radius 2 is 1.70 bits per heavy atom. The Bertz CT molecular complexity index is 1140. The van der Waals surface area contributed by atoms with Crippen LogP contribution in [0.4, 0.5) is 13.2 Å². The summed E-state index contributed by atoms with van der Waals surface area (Å²) in [5.74, 6) is 2.92. The molecule has 0 bridgehead atoms. The van der Waals surface area contributed by atoms with Crippen molar-refractivity contribution >= 4 is 18.8 Å². The van der Waals surface area contributed by atoms with Crippen molar-refractivity contribution in [2.45, 2.75) is 25.9 Å². The molecule has 0 radical (unpaired) electrons. The van der Waals surface area contributed by atoms with E-state index in [0.29, 0.717) is 5.56 Å². The number of aromatic nitrogens is 2. The Morgan fingerprint density at radius 3 is 2.39 bits per heavy atom. The van der Waals surface area contributed by atoms with Gasteiger partial charge in [-0.3, -0.25) is 0 Å². The number of benzene rings is 3. The molecule has 0 aliphatic rings. The number of aromatic amines is 1. The number of H-pyrrole nitrogens is 1. The molecule has 168 valence electrons. The number of hydrogen-bond donors (Lipinski definition) is 1. The highest BCUT2D eigenvalue weighted by molar-refractivity contribution is 6.59. The van der Waals surface area contributed by atoms with Crippen molar-refractivity contribution < 1.29 is 13.2 Å². The normalized spacial score (nSPS) is 11.2. The Labute approximate surface area is 193 Å². The molecular weight excluding hydrogens is 420 g/mol. The predicted octanol–water partition coefficient (Wildman–Crippen LogP) is 6.00. The fraction of sp³-hybridized carbons (Fsp3) is 0.148. The third kappa shape index (κ3) is 7.83. The third-order valence-electron chi connectivity index (χ3n) is 5.13. The van der Waals surface area contributed by atoms with Gasteiger partial charge in [-0.1, -0.05) is 90.8 Å². The van der Waals surface area contributed by atoms with Crippen molar-refractivity contribution in [1.82, 2.24) is 9.97 Å². The van der Waals surface area contributed by atoms with Gasteiger partial charge in [0.2, 0.25) is 0 Å². The summed E-state index contributed by atoms with van der Waals surface area (Å²) >= 11 is 0. The van der Waals surface area contributed by atoms with Crippen molar-refractivity contribution in [2.24, 2.45) is 0 Å². The maximum Gasteiger partial charge on any atom is 0.416 e. The highest BCUT2D eigenvalue weighted by Crippen LogP contribution is 2.29. The van der Waals surface area contributed by atoms with Gasteiger partial charge in [-0.25, -0.2) is 4.98 Å². The van der Waals surface area contributed by atoms with E-state index >= 15 is 0 Å². The van der Waals surface area contributed by atoms with Crippen LogP contribution in [0.1, 0.15) is 35.0 Å². The van der Waals surface area contributed by atoms with E-state index in [1.807, 2.05) is 42.5 Å². The highest BCUT2D eigenvalue weighted by Gasteiger charge is 2.30. The maximum atomic E-state index is 12.6. The second-order valence-corrected chi connectivity index (χ2v) is 7.55. The van der Waals surface area contributed by atoms with Gasteiger partial charge in [0.25, 0.3) is 0 Å². The molecule has 0 saturated carbocycles. The Hall–Kier alpha value is -3.54. The molecule has 0 aliphatic carbocycles. The van der Waals surface area contributed by atoms with Gasteiger partial charge in [0.1, 0.15) is 5.82 Å². The molecule has 0 aliphatic heterocycles. The Morgan fingerprint density at radius 1 is 0.939 bits per heavy atom. The summed E-state index contributed by atoms with van der Waals surface area (Å²) in [4.78, 5) is 7.23. The van der Waals surface area contributed by atoms with Gasteiger partial charge < -0.3 is 4.98 Å². The zero-order valence-corrected chi connectivity index (χ0v) is 18.5. The van der Waals surface area contributed by atoms with Gasteiger partial charge in [0, 0.05) is 18.8 Å². The zero-order valence-electron chi connectivity index (χ0n) is 18.5. The molecule has 3 aromatic carbocycles. The summed E-state index contributed by atoms with van der Waals surface area (Å²) in [6, 6.07) is 23.8. The number of nitrogens with one attached hydrogen (secondary N) is 1. The fourth-order valence-electron chi connectivity index (χ4n) is 3.43. The molecule has 1 N–H and O–H groups in total. The molecule has 6 heteroatoms. The van der Waals surface area contributed by atoms with Crippen LogP contribution in [0.15, 0.2) is 97.2 Å². The van der Waals surface area contributed by atoms with E-state index in [1.54, 1.807) is 18.3 Å². The van der Waals surface area contributed by atoms with Crippen LogP contribution in [-0.4, -0.2) is 17.2 Å². The smallest absolute Gasteiger partial charge is 0.348 e. The summed E-state index contributed by atoms with van der Waals surface area (Å²) in [5, 5.41) is 0. The first-order valence-electron chi connectivity index (χ1n) is 10.9. The lowest BCUT2D eigenvalue weighted by Crippen LogP contribution is -2.16. The lowest BCUT2D eigenvalue weighted by Gasteiger charge is -2.07. The second-order valence-electron chi connectivity index (χ2n) is 7.55. The Kier molecular flexibility index (Phi) is 8.70. The van der Waals surface area contributed by atoms with Crippen molar-refractivity contribution in [3.63, 3.8) is 0 Å². The average Bonchev–Trinajstić information content (AvgIpc) is 3.33. The van der Waals surface area contributed by atoms with E-state index in [9.17, 15) is 13.2 Å². The van der Waals surface area contributed by atoms with Gasteiger partial charge in [0.05, 0.1) is 5.56 Å². The van der Waals surface area contributed by atoms with Crippen LogP contribution < -0.4 is 5.46 Å². The minimum absolute atomic E-state index is 0.568. The first-order chi connectivity index (χ1) is 16.0. The number of aryl methyl sites for hydroxylation is 1. The van der Waals surface area contributed by atoms with Crippen LogP contribution >= 0.6 is 0 Å². The van der Waals surface area contributed by atoms with Crippen LogP contribution in [0.2, 0.25) is 0 Å². The van der Waals surface area contributed by atoms with E-state index in [0.717, 1.165) is 32.0 Å². The van der Waals surface area contributed by atoms with Crippen molar-refractivity contribution in [3.8, 4) is 0 Å². The number of nitrogens with zero attached hydrogens (tertiary/aromatic N) is 1. The topological polar surface area (TPSA) is 28.7 Å². The molecule has 0 unspecified atom stereocenters. The monoisotopic (exact) mass is 446 g/mol. The molecule has 1 heterocycles. The Balaban J connectivity index is 0.000000215. The largest absolute Gasteiger partial charge is 0.416 e. The summed E-state index contributed by atoms with van der Waals surface area (Å²) in [6.45, 7) is 2.09. The van der Waals surface area contributed by atoms with Crippen LogP contribution in [-0.2, 0) is 19.0 Å². The van der Waals surface area contributed by atoms with Crippen LogP contribution in [0.5, 0.6) is 0 Å². The summed E-state index contributed by atoms with van der Waals surface area (Å²) in [6.07, 6.45) is 2.90. The second kappa shape index (κ2) is 11.9. The third-order valence-corrected chi connectivity index (χ3v) is 5.13.